The van der Waals surface area contributed by atoms with Crippen LogP contribution in [0.1, 0.15) is 25.7 Å². The highest BCUT2D eigenvalue weighted by Crippen LogP contribution is 2.33. The minimum Gasteiger partial charge on any atom is -0.395 e. The largest absolute Gasteiger partial charge is 0.395 e. The van der Waals surface area contributed by atoms with Crippen LogP contribution in [-0.4, -0.2) is 53.7 Å². The van der Waals surface area contributed by atoms with E-state index in [0.29, 0.717) is 18.5 Å². The zero-order chi connectivity index (χ0) is 10.8. The molecule has 0 aromatic heterocycles. The van der Waals surface area contributed by atoms with Gasteiger partial charge in [0.05, 0.1) is 12.6 Å². The number of amides is 2. The molecule has 2 rings (SSSR count). The number of aliphatic hydroxyl groups excluding tert-OH is 1. The third-order valence-electron chi connectivity index (χ3n) is 3.72. The highest BCUT2D eigenvalue weighted by molar-refractivity contribution is 5.76. The Labute approximate surface area is 90.9 Å². The molecule has 2 aliphatic rings. The van der Waals surface area contributed by atoms with Crippen molar-refractivity contribution in [2.45, 2.75) is 31.7 Å². The molecular formula is C11H20N2O2. The maximum absolute atomic E-state index is 11.8. The average molecular weight is 212 g/mol. The molecule has 1 atom stereocenters. The number of carbonyl (C=O) groups is 1. The monoisotopic (exact) mass is 212 g/mol. The van der Waals surface area contributed by atoms with E-state index in [4.69, 9.17) is 5.11 Å². The molecule has 1 saturated carbocycles. The van der Waals surface area contributed by atoms with Gasteiger partial charge < -0.3 is 14.9 Å². The molecule has 0 spiro atoms. The summed E-state index contributed by atoms with van der Waals surface area (Å²) >= 11 is 0. The topological polar surface area (TPSA) is 43.8 Å². The van der Waals surface area contributed by atoms with Gasteiger partial charge in [-0.25, -0.2) is 4.79 Å². The van der Waals surface area contributed by atoms with Crippen LogP contribution in [0.2, 0.25) is 0 Å². The first-order chi connectivity index (χ1) is 7.24. The van der Waals surface area contributed by atoms with E-state index < -0.39 is 0 Å². The van der Waals surface area contributed by atoms with Gasteiger partial charge in [-0.15, -0.1) is 0 Å². The van der Waals surface area contributed by atoms with Crippen molar-refractivity contribution >= 4 is 6.03 Å². The molecule has 0 aromatic carbocycles. The Balaban J connectivity index is 2.05. The normalized spacial score (nSPS) is 28.1. The highest BCUT2D eigenvalue weighted by atomic mass is 16.3. The lowest BCUT2D eigenvalue weighted by Crippen LogP contribution is -2.40. The van der Waals surface area contributed by atoms with Crippen molar-refractivity contribution in [3.05, 3.63) is 0 Å². The number of rotatable bonds is 3. The molecule has 1 unspecified atom stereocenters. The van der Waals surface area contributed by atoms with Crippen LogP contribution in [-0.2, 0) is 0 Å². The zero-order valence-electron chi connectivity index (χ0n) is 9.35. The molecule has 1 N–H and O–H groups in total. The number of likely N-dealkylation sites (N-methyl/N-ethyl adjacent to an activating group) is 1. The van der Waals surface area contributed by atoms with Gasteiger partial charge in [-0.05, 0) is 18.8 Å². The fraction of sp³-hybridized carbons (Fsp3) is 0.909. The van der Waals surface area contributed by atoms with Crippen LogP contribution in [0.4, 0.5) is 4.79 Å². The number of hydrogen-bond acceptors (Lipinski definition) is 2. The number of β-amino-alcohol motifs (C(OH)–C–C–N with tert-alkyl or cyclic N) is 1. The van der Waals surface area contributed by atoms with Crippen LogP contribution in [0.5, 0.6) is 0 Å². The number of carbonyl (C=O) groups excluding carboxylic acids is 1. The molecule has 15 heavy (non-hydrogen) atoms. The van der Waals surface area contributed by atoms with Crippen LogP contribution < -0.4 is 0 Å². The molecule has 0 bridgehead atoms. The Morgan fingerprint density at radius 1 is 1.40 bits per heavy atom. The van der Waals surface area contributed by atoms with Crippen molar-refractivity contribution in [2.75, 3.05) is 26.7 Å². The van der Waals surface area contributed by atoms with Crippen molar-refractivity contribution < 1.29 is 9.90 Å². The van der Waals surface area contributed by atoms with Crippen molar-refractivity contribution in [3.8, 4) is 0 Å². The van der Waals surface area contributed by atoms with Crippen LogP contribution in [0.15, 0.2) is 0 Å². The molecule has 2 fully saturated rings. The summed E-state index contributed by atoms with van der Waals surface area (Å²) < 4.78 is 0. The van der Waals surface area contributed by atoms with Crippen LogP contribution in [0, 0.1) is 5.92 Å². The molecule has 1 heterocycles. The summed E-state index contributed by atoms with van der Waals surface area (Å²) in [4.78, 5) is 15.4. The summed E-state index contributed by atoms with van der Waals surface area (Å²) in [5.41, 5.74) is 0. The SMILES string of the molecule is CN1CC(C2CCCC2)N(CCO)C1=O. The first kappa shape index (κ1) is 10.7. The second-order valence-electron chi connectivity index (χ2n) is 4.69. The molecule has 0 radical (unpaired) electrons. The summed E-state index contributed by atoms with van der Waals surface area (Å²) in [5, 5.41) is 8.98. The maximum Gasteiger partial charge on any atom is 0.320 e. The van der Waals surface area contributed by atoms with Crippen LogP contribution in [0.25, 0.3) is 0 Å². The van der Waals surface area contributed by atoms with Gasteiger partial charge in [-0.1, -0.05) is 12.8 Å². The maximum atomic E-state index is 11.8. The van der Waals surface area contributed by atoms with Gasteiger partial charge >= 0.3 is 6.03 Å². The summed E-state index contributed by atoms with van der Waals surface area (Å²) in [6.45, 7) is 1.40. The van der Waals surface area contributed by atoms with E-state index in [0.717, 1.165) is 6.54 Å². The van der Waals surface area contributed by atoms with Crippen molar-refractivity contribution in [2.24, 2.45) is 5.92 Å². The molecule has 0 aromatic rings. The van der Waals surface area contributed by atoms with Crippen molar-refractivity contribution in [1.29, 1.82) is 0 Å². The van der Waals surface area contributed by atoms with E-state index in [-0.39, 0.29) is 12.6 Å². The minimum absolute atomic E-state index is 0.0722. The lowest BCUT2D eigenvalue weighted by Gasteiger charge is -2.26. The van der Waals surface area contributed by atoms with Gasteiger partial charge in [0.1, 0.15) is 0 Å². The summed E-state index contributed by atoms with van der Waals surface area (Å²) in [7, 11) is 1.85. The number of nitrogens with zero attached hydrogens (tertiary/aromatic N) is 2. The van der Waals surface area contributed by atoms with E-state index >= 15 is 0 Å². The van der Waals surface area contributed by atoms with Gasteiger partial charge in [-0.3, -0.25) is 0 Å². The van der Waals surface area contributed by atoms with E-state index in [1.54, 1.807) is 4.90 Å². The standard InChI is InChI=1S/C11H20N2O2/c1-12-8-10(9-4-2-3-5-9)13(6-7-14)11(12)15/h9-10,14H,2-8H2,1H3. The lowest BCUT2D eigenvalue weighted by atomic mass is 9.98. The average Bonchev–Trinajstić information content (AvgIpc) is 2.81. The second kappa shape index (κ2) is 4.39. The predicted octanol–water partition coefficient (Wildman–Crippen LogP) is 0.905. The van der Waals surface area contributed by atoms with E-state index in [2.05, 4.69) is 0 Å². The van der Waals surface area contributed by atoms with Gasteiger partial charge in [0.25, 0.3) is 0 Å². The van der Waals surface area contributed by atoms with Crippen LogP contribution in [0.3, 0.4) is 0 Å². The minimum atomic E-state index is 0.0722. The van der Waals surface area contributed by atoms with Gasteiger partial charge in [-0.2, -0.15) is 0 Å². The van der Waals surface area contributed by atoms with Gasteiger partial charge in [0.2, 0.25) is 0 Å². The van der Waals surface area contributed by atoms with Gasteiger partial charge in [0, 0.05) is 20.1 Å². The summed E-state index contributed by atoms with van der Waals surface area (Å²) in [6, 6.07) is 0.429. The molecule has 2 amide bonds. The van der Waals surface area contributed by atoms with Crippen molar-refractivity contribution in [3.63, 3.8) is 0 Å². The second-order valence-corrected chi connectivity index (χ2v) is 4.69. The Hall–Kier alpha value is -0.770. The van der Waals surface area contributed by atoms with E-state index in [9.17, 15) is 4.79 Å². The Morgan fingerprint density at radius 3 is 2.67 bits per heavy atom. The highest BCUT2D eigenvalue weighted by Gasteiger charge is 2.39. The fourth-order valence-corrected chi connectivity index (χ4v) is 2.93. The molecule has 1 aliphatic carbocycles. The third kappa shape index (κ3) is 1.95. The number of aliphatic hydroxyl groups is 1. The molecule has 86 valence electrons. The fourth-order valence-electron chi connectivity index (χ4n) is 2.93. The molecule has 1 saturated heterocycles. The number of urea groups is 1. The third-order valence-corrected chi connectivity index (χ3v) is 3.72. The first-order valence-corrected chi connectivity index (χ1v) is 5.86. The van der Waals surface area contributed by atoms with Gasteiger partial charge in [0.15, 0.2) is 0 Å². The summed E-state index contributed by atoms with van der Waals surface area (Å²) in [6.07, 6.45) is 5.08. The van der Waals surface area contributed by atoms with Crippen molar-refractivity contribution in [1.82, 2.24) is 9.80 Å². The lowest BCUT2D eigenvalue weighted by molar-refractivity contribution is 0.156. The quantitative estimate of drug-likeness (QED) is 0.755. The predicted molar refractivity (Wildman–Crippen MR) is 57.6 cm³/mol. The molecule has 4 nitrogen and oxygen atoms in total. The number of hydrogen-bond donors (Lipinski definition) is 1. The van der Waals surface area contributed by atoms with Crippen LogP contribution >= 0.6 is 0 Å². The molecule has 1 aliphatic heterocycles. The van der Waals surface area contributed by atoms with E-state index in [1.807, 2.05) is 11.9 Å². The Bertz CT molecular complexity index is 239. The molecule has 4 heteroatoms. The zero-order valence-corrected chi connectivity index (χ0v) is 9.35. The summed E-state index contributed by atoms with van der Waals surface area (Å²) in [5.74, 6) is 0.658. The first-order valence-electron chi connectivity index (χ1n) is 5.86. The Morgan fingerprint density at radius 2 is 2.07 bits per heavy atom. The molecular weight excluding hydrogens is 192 g/mol. The van der Waals surface area contributed by atoms with E-state index in [1.165, 1.54) is 25.7 Å². The smallest absolute Gasteiger partial charge is 0.320 e. The Kier molecular flexibility index (Phi) is 3.14.